The highest BCUT2D eigenvalue weighted by molar-refractivity contribution is 5.80. The molecule has 0 radical (unpaired) electrons. The molecule has 1 aliphatic heterocycles. The van der Waals surface area contributed by atoms with Gasteiger partial charge in [-0.3, -0.25) is 14.5 Å². The molecule has 1 fully saturated rings. The largest absolute Gasteiger partial charge is 0.416 e. The molecular weight excluding hydrogens is 323 g/mol. The molecule has 0 saturated carbocycles. The van der Waals surface area contributed by atoms with Crippen molar-refractivity contribution >= 4 is 11.8 Å². The number of carbonyl (C=O) groups is 2. The Morgan fingerprint density at radius 3 is 2.38 bits per heavy atom. The van der Waals surface area contributed by atoms with Crippen LogP contribution in [0.3, 0.4) is 0 Å². The third-order valence-electron chi connectivity index (χ3n) is 4.24. The van der Waals surface area contributed by atoms with Crippen LogP contribution < -0.4 is 5.73 Å². The summed E-state index contributed by atoms with van der Waals surface area (Å²) in [4.78, 5) is 26.9. The van der Waals surface area contributed by atoms with E-state index in [-0.39, 0.29) is 12.3 Å². The number of hydrogen-bond donors (Lipinski definition) is 1. The maximum absolute atomic E-state index is 12.7. The van der Waals surface area contributed by atoms with E-state index in [1.807, 2.05) is 4.90 Å². The Hall–Kier alpha value is -2.09. The van der Waals surface area contributed by atoms with Gasteiger partial charge in [-0.25, -0.2) is 0 Å². The molecule has 5 nitrogen and oxygen atoms in total. The van der Waals surface area contributed by atoms with Crippen LogP contribution in [-0.2, 0) is 22.2 Å². The highest BCUT2D eigenvalue weighted by atomic mass is 19.4. The molecule has 1 aromatic carbocycles. The van der Waals surface area contributed by atoms with Gasteiger partial charge in [0.15, 0.2) is 0 Å². The van der Waals surface area contributed by atoms with Crippen molar-refractivity contribution < 1.29 is 22.8 Å². The molecule has 0 bridgehead atoms. The van der Waals surface area contributed by atoms with Gasteiger partial charge in [0.1, 0.15) is 0 Å². The van der Waals surface area contributed by atoms with Crippen molar-refractivity contribution in [3.05, 3.63) is 35.4 Å². The van der Waals surface area contributed by atoms with Crippen LogP contribution >= 0.6 is 0 Å². The van der Waals surface area contributed by atoms with Crippen LogP contribution in [0.25, 0.3) is 0 Å². The first-order valence-corrected chi connectivity index (χ1v) is 7.66. The molecular formula is C16H20F3N3O2. The second kappa shape index (κ2) is 7.21. The summed E-state index contributed by atoms with van der Waals surface area (Å²) < 4.78 is 38.1. The van der Waals surface area contributed by atoms with Crippen molar-refractivity contribution in [2.75, 3.05) is 26.2 Å². The standard InChI is InChI=1S/C16H20F3N3O2/c1-11(15(20)24)21-5-7-22(8-6-21)14(23)10-12-3-2-4-13(9-12)16(17,18)19/h2-4,9,11H,5-8,10H2,1H3,(H2,20,24). The van der Waals surface area contributed by atoms with Gasteiger partial charge in [-0.2, -0.15) is 13.2 Å². The van der Waals surface area contributed by atoms with Crippen molar-refractivity contribution in [3.8, 4) is 0 Å². The van der Waals surface area contributed by atoms with Gasteiger partial charge >= 0.3 is 6.18 Å². The van der Waals surface area contributed by atoms with Crippen LogP contribution in [0.15, 0.2) is 24.3 Å². The van der Waals surface area contributed by atoms with Crippen LogP contribution in [-0.4, -0.2) is 53.8 Å². The van der Waals surface area contributed by atoms with Crippen LogP contribution in [0, 0.1) is 0 Å². The number of rotatable bonds is 4. The highest BCUT2D eigenvalue weighted by Gasteiger charge is 2.31. The second-order valence-corrected chi connectivity index (χ2v) is 5.87. The average Bonchev–Trinajstić information content (AvgIpc) is 2.53. The van der Waals surface area contributed by atoms with Gasteiger partial charge in [0.05, 0.1) is 18.0 Å². The minimum absolute atomic E-state index is 0.0741. The van der Waals surface area contributed by atoms with E-state index in [4.69, 9.17) is 5.73 Å². The molecule has 24 heavy (non-hydrogen) atoms. The number of amides is 2. The van der Waals surface area contributed by atoms with Gasteiger partial charge in [0.25, 0.3) is 0 Å². The first-order chi connectivity index (χ1) is 11.2. The quantitative estimate of drug-likeness (QED) is 0.895. The molecule has 132 valence electrons. The van der Waals surface area contributed by atoms with E-state index in [2.05, 4.69) is 0 Å². The number of halogens is 3. The zero-order valence-corrected chi connectivity index (χ0v) is 13.3. The maximum Gasteiger partial charge on any atom is 0.416 e. The Bertz CT molecular complexity index is 611. The van der Waals surface area contributed by atoms with Gasteiger partial charge in [-0.15, -0.1) is 0 Å². The monoisotopic (exact) mass is 343 g/mol. The van der Waals surface area contributed by atoms with E-state index in [0.29, 0.717) is 31.7 Å². The van der Waals surface area contributed by atoms with Crippen LogP contribution in [0.2, 0.25) is 0 Å². The van der Waals surface area contributed by atoms with Gasteiger partial charge in [0.2, 0.25) is 11.8 Å². The minimum atomic E-state index is -4.42. The van der Waals surface area contributed by atoms with E-state index in [9.17, 15) is 22.8 Å². The lowest BCUT2D eigenvalue weighted by molar-refractivity contribution is -0.138. The van der Waals surface area contributed by atoms with E-state index in [1.165, 1.54) is 12.1 Å². The maximum atomic E-state index is 12.7. The zero-order valence-electron chi connectivity index (χ0n) is 13.3. The molecule has 0 spiro atoms. The average molecular weight is 343 g/mol. The predicted octanol–water partition coefficient (Wildman–Crippen LogP) is 1.27. The second-order valence-electron chi connectivity index (χ2n) is 5.87. The minimum Gasteiger partial charge on any atom is -0.368 e. The molecule has 1 aromatic rings. The number of piperazine rings is 1. The summed E-state index contributed by atoms with van der Waals surface area (Å²) in [7, 11) is 0. The topological polar surface area (TPSA) is 66.6 Å². The van der Waals surface area contributed by atoms with E-state index < -0.39 is 23.7 Å². The van der Waals surface area contributed by atoms with Gasteiger partial charge in [-0.05, 0) is 18.6 Å². The lowest BCUT2D eigenvalue weighted by Gasteiger charge is -2.37. The molecule has 1 unspecified atom stereocenters. The van der Waals surface area contributed by atoms with Crippen molar-refractivity contribution in [3.63, 3.8) is 0 Å². The molecule has 0 aliphatic carbocycles. The van der Waals surface area contributed by atoms with E-state index in [0.717, 1.165) is 12.1 Å². The molecule has 1 saturated heterocycles. The molecule has 1 heterocycles. The first kappa shape index (κ1) is 18.3. The Kier molecular flexibility index (Phi) is 5.48. The van der Waals surface area contributed by atoms with Crippen LogP contribution in [0.1, 0.15) is 18.1 Å². The summed E-state index contributed by atoms with van der Waals surface area (Å²) in [5, 5.41) is 0. The number of benzene rings is 1. The number of alkyl halides is 3. The molecule has 2 rings (SSSR count). The smallest absolute Gasteiger partial charge is 0.368 e. The highest BCUT2D eigenvalue weighted by Crippen LogP contribution is 2.29. The zero-order chi connectivity index (χ0) is 17.9. The van der Waals surface area contributed by atoms with Gasteiger partial charge in [-0.1, -0.05) is 18.2 Å². The molecule has 0 aromatic heterocycles. The van der Waals surface area contributed by atoms with Crippen LogP contribution in [0.4, 0.5) is 13.2 Å². The number of hydrogen-bond acceptors (Lipinski definition) is 3. The van der Waals surface area contributed by atoms with E-state index in [1.54, 1.807) is 11.8 Å². The number of primary amides is 1. The number of nitrogens with two attached hydrogens (primary N) is 1. The van der Waals surface area contributed by atoms with Gasteiger partial charge < -0.3 is 10.6 Å². The SMILES string of the molecule is CC(C(N)=O)N1CCN(C(=O)Cc2cccc(C(F)(F)F)c2)CC1. The summed E-state index contributed by atoms with van der Waals surface area (Å²) >= 11 is 0. The summed E-state index contributed by atoms with van der Waals surface area (Å²) in [6.45, 7) is 3.59. The summed E-state index contributed by atoms with van der Waals surface area (Å²) in [5.41, 5.74) is 4.84. The number of carbonyl (C=O) groups excluding carboxylic acids is 2. The lowest BCUT2D eigenvalue weighted by atomic mass is 10.1. The molecule has 2 amide bonds. The van der Waals surface area contributed by atoms with Crippen molar-refractivity contribution in [2.24, 2.45) is 5.73 Å². The Morgan fingerprint density at radius 2 is 1.83 bits per heavy atom. The fraction of sp³-hybridized carbons (Fsp3) is 0.500. The predicted molar refractivity (Wildman–Crippen MR) is 82.0 cm³/mol. The Balaban J connectivity index is 1.94. The lowest BCUT2D eigenvalue weighted by Crippen LogP contribution is -2.54. The van der Waals surface area contributed by atoms with Crippen LogP contribution in [0.5, 0.6) is 0 Å². The summed E-state index contributed by atoms with van der Waals surface area (Å²) in [6.07, 6.45) is -4.50. The molecule has 1 atom stereocenters. The molecule has 1 aliphatic rings. The Morgan fingerprint density at radius 1 is 1.21 bits per heavy atom. The number of nitrogens with zero attached hydrogens (tertiary/aromatic N) is 2. The third kappa shape index (κ3) is 4.47. The van der Waals surface area contributed by atoms with E-state index >= 15 is 0 Å². The first-order valence-electron chi connectivity index (χ1n) is 7.66. The molecule has 2 N–H and O–H groups in total. The third-order valence-corrected chi connectivity index (χ3v) is 4.24. The van der Waals surface area contributed by atoms with Crippen molar-refractivity contribution in [1.82, 2.24) is 9.80 Å². The Labute approximate surface area is 138 Å². The van der Waals surface area contributed by atoms with Crippen molar-refractivity contribution in [2.45, 2.75) is 25.6 Å². The molecule has 8 heteroatoms. The summed E-state index contributed by atoms with van der Waals surface area (Å²) in [6, 6.07) is 4.41. The fourth-order valence-electron chi connectivity index (χ4n) is 2.68. The fourth-order valence-corrected chi connectivity index (χ4v) is 2.68. The van der Waals surface area contributed by atoms with Crippen molar-refractivity contribution in [1.29, 1.82) is 0 Å². The summed E-state index contributed by atoms with van der Waals surface area (Å²) in [5.74, 6) is -0.639. The van der Waals surface area contributed by atoms with Gasteiger partial charge in [0, 0.05) is 26.2 Å². The normalized spacial score (nSPS) is 17.6.